The molecule has 1 aromatic carbocycles. The van der Waals surface area contributed by atoms with Crippen LogP contribution in [0.1, 0.15) is 24.0 Å². The lowest BCUT2D eigenvalue weighted by Gasteiger charge is -2.10. The summed E-state index contributed by atoms with van der Waals surface area (Å²) in [5, 5.41) is 0. The summed E-state index contributed by atoms with van der Waals surface area (Å²) in [6.07, 6.45) is 1.73. The van der Waals surface area contributed by atoms with Gasteiger partial charge in [0.05, 0.1) is 13.8 Å². The quantitative estimate of drug-likeness (QED) is 0.713. The minimum atomic E-state index is -0.357. The molecule has 0 spiro atoms. The van der Waals surface area contributed by atoms with Crippen molar-refractivity contribution in [2.75, 3.05) is 13.8 Å². The lowest BCUT2D eigenvalue weighted by Crippen LogP contribution is -1.97. The van der Waals surface area contributed by atoms with Gasteiger partial charge in [-0.3, -0.25) is 4.39 Å². The van der Waals surface area contributed by atoms with Gasteiger partial charge < -0.3 is 4.74 Å². The Labute approximate surface area is 84.2 Å². The van der Waals surface area contributed by atoms with E-state index >= 15 is 0 Å². The lowest BCUT2D eigenvalue weighted by atomic mass is 10.00. The second-order valence-corrected chi connectivity index (χ2v) is 3.30. The third-order valence-corrected chi connectivity index (χ3v) is 2.22. The maximum atomic E-state index is 12.5. The molecule has 0 saturated heterocycles. The second kappa shape index (κ2) is 4.80. The zero-order valence-corrected chi connectivity index (χ0v) is 8.59. The molecule has 0 amide bonds. The summed E-state index contributed by atoms with van der Waals surface area (Å²) in [6, 6.07) is 5.67. The summed E-state index contributed by atoms with van der Waals surface area (Å²) < 4.78 is 17.6. The predicted molar refractivity (Wildman–Crippen MR) is 57.5 cm³/mol. The molecule has 0 aliphatic rings. The van der Waals surface area contributed by atoms with Crippen LogP contribution in [0, 0.1) is 0 Å². The maximum absolute atomic E-state index is 12.5. The largest absolute Gasteiger partial charge is 0.497 e. The van der Waals surface area contributed by atoms with Crippen molar-refractivity contribution in [2.24, 2.45) is 0 Å². The number of hydrogen-bond donors (Lipinski definition) is 0. The van der Waals surface area contributed by atoms with Gasteiger partial charge in [-0.25, -0.2) is 0 Å². The van der Waals surface area contributed by atoms with Crippen molar-refractivity contribution in [3.05, 3.63) is 35.9 Å². The average molecular weight is 194 g/mol. The molecule has 0 aromatic heterocycles. The van der Waals surface area contributed by atoms with Gasteiger partial charge in [-0.15, -0.1) is 0 Å². The van der Waals surface area contributed by atoms with Crippen molar-refractivity contribution in [3.8, 4) is 5.75 Å². The smallest absolute Gasteiger partial charge is 0.119 e. The van der Waals surface area contributed by atoms with Crippen LogP contribution in [0.2, 0.25) is 0 Å². The third kappa shape index (κ3) is 2.34. The Bertz CT molecular complexity index is 320. The Hall–Kier alpha value is -1.31. The fourth-order valence-electron chi connectivity index (χ4n) is 1.26. The fraction of sp³-hybridized carbons (Fsp3) is 0.333. The van der Waals surface area contributed by atoms with E-state index in [0.29, 0.717) is 0 Å². The standard InChI is InChI=1S/C12H15FO/c1-4-10-5-11(9(2)8-13)7-12(6-10)14-3/h4-7,9H,1,8H2,2-3H3. The van der Waals surface area contributed by atoms with Crippen LogP contribution < -0.4 is 4.74 Å². The Morgan fingerprint density at radius 3 is 2.71 bits per heavy atom. The van der Waals surface area contributed by atoms with Crippen LogP contribution >= 0.6 is 0 Å². The monoisotopic (exact) mass is 194 g/mol. The van der Waals surface area contributed by atoms with E-state index in [2.05, 4.69) is 6.58 Å². The zero-order valence-electron chi connectivity index (χ0n) is 8.59. The topological polar surface area (TPSA) is 9.23 Å². The predicted octanol–water partition coefficient (Wildman–Crippen LogP) is 3.41. The van der Waals surface area contributed by atoms with E-state index in [1.807, 2.05) is 25.1 Å². The Kier molecular flexibility index (Phi) is 3.69. The Morgan fingerprint density at radius 2 is 2.21 bits per heavy atom. The zero-order chi connectivity index (χ0) is 10.6. The van der Waals surface area contributed by atoms with Crippen LogP contribution in [-0.2, 0) is 0 Å². The molecule has 1 nitrogen and oxygen atoms in total. The lowest BCUT2D eigenvalue weighted by molar-refractivity contribution is 0.411. The number of alkyl halides is 1. The SMILES string of the molecule is C=Cc1cc(OC)cc(C(C)CF)c1. The summed E-state index contributed by atoms with van der Waals surface area (Å²) in [7, 11) is 1.60. The first-order chi connectivity index (χ1) is 6.71. The highest BCUT2D eigenvalue weighted by molar-refractivity contribution is 5.52. The van der Waals surface area contributed by atoms with E-state index in [0.717, 1.165) is 16.9 Å². The van der Waals surface area contributed by atoms with E-state index in [4.69, 9.17) is 4.74 Å². The molecule has 0 bridgehead atoms. The van der Waals surface area contributed by atoms with Crippen molar-refractivity contribution in [1.29, 1.82) is 0 Å². The summed E-state index contributed by atoms with van der Waals surface area (Å²) in [5.41, 5.74) is 1.90. The molecule has 1 atom stereocenters. The van der Waals surface area contributed by atoms with Crippen LogP contribution in [0.3, 0.4) is 0 Å². The molecule has 76 valence electrons. The molecule has 0 aliphatic carbocycles. The van der Waals surface area contributed by atoms with Crippen LogP contribution in [0.15, 0.2) is 24.8 Å². The molecule has 0 fully saturated rings. The summed E-state index contributed by atoms with van der Waals surface area (Å²) >= 11 is 0. The highest BCUT2D eigenvalue weighted by Crippen LogP contribution is 2.24. The Balaban J connectivity index is 3.10. The molecule has 14 heavy (non-hydrogen) atoms. The first-order valence-electron chi connectivity index (χ1n) is 4.58. The van der Waals surface area contributed by atoms with Crippen LogP contribution in [0.25, 0.3) is 6.08 Å². The average Bonchev–Trinajstić information content (AvgIpc) is 2.27. The normalized spacial score (nSPS) is 12.2. The third-order valence-electron chi connectivity index (χ3n) is 2.22. The van der Waals surface area contributed by atoms with Crippen molar-refractivity contribution in [2.45, 2.75) is 12.8 Å². The molecular weight excluding hydrogens is 179 g/mol. The van der Waals surface area contributed by atoms with E-state index in [1.165, 1.54) is 0 Å². The number of benzene rings is 1. The highest BCUT2D eigenvalue weighted by Gasteiger charge is 2.07. The second-order valence-electron chi connectivity index (χ2n) is 3.30. The van der Waals surface area contributed by atoms with E-state index in [9.17, 15) is 4.39 Å². The first-order valence-corrected chi connectivity index (χ1v) is 4.58. The Morgan fingerprint density at radius 1 is 1.50 bits per heavy atom. The summed E-state index contributed by atoms with van der Waals surface area (Å²) in [5.74, 6) is 0.654. The molecule has 1 aromatic rings. The summed E-state index contributed by atoms with van der Waals surface area (Å²) in [6.45, 7) is 5.17. The molecule has 0 heterocycles. The van der Waals surface area contributed by atoms with Crippen molar-refractivity contribution >= 4 is 6.08 Å². The van der Waals surface area contributed by atoms with Crippen molar-refractivity contribution in [1.82, 2.24) is 0 Å². The molecule has 0 N–H and O–H groups in total. The molecule has 0 radical (unpaired) electrons. The molecule has 0 saturated carbocycles. The van der Waals surface area contributed by atoms with E-state index in [1.54, 1.807) is 13.2 Å². The van der Waals surface area contributed by atoms with Gasteiger partial charge in [-0.2, -0.15) is 0 Å². The van der Waals surface area contributed by atoms with Crippen LogP contribution in [0.5, 0.6) is 5.75 Å². The molecular formula is C12H15FO. The van der Waals surface area contributed by atoms with Gasteiger partial charge in [0.15, 0.2) is 0 Å². The molecule has 2 heteroatoms. The van der Waals surface area contributed by atoms with Crippen LogP contribution in [-0.4, -0.2) is 13.8 Å². The van der Waals surface area contributed by atoms with Gasteiger partial charge in [-0.1, -0.05) is 25.6 Å². The number of rotatable bonds is 4. The van der Waals surface area contributed by atoms with Crippen molar-refractivity contribution in [3.63, 3.8) is 0 Å². The van der Waals surface area contributed by atoms with Gasteiger partial charge in [0, 0.05) is 5.92 Å². The van der Waals surface area contributed by atoms with Gasteiger partial charge in [0.25, 0.3) is 0 Å². The summed E-state index contributed by atoms with van der Waals surface area (Å²) in [4.78, 5) is 0. The molecule has 1 unspecified atom stereocenters. The number of halogens is 1. The number of methoxy groups -OCH3 is 1. The highest BCUT2D eigenvalue weighted by atomic mass is 19.1. The van der Waals surface area contributed by atoms with Gasteiger partial charge in [0.1, 0.15) is 5.75 Å². The van der Waals surface area contributed by atoms with Gasteiger partial charge >= 0.3 is 0 Å². The number of ether oxygens (including phenoxy) is 1. The van der Waals surface area contributed by atoms with Gasteiger partial charge in [-0.05, 0) is 23.3 Å². The fourth-order valence-corrected chi connectivity index (χ4v) is 1.26. The molecule has 1 rings (SSSR count). The minimum Gasteiger partial charge on any atom is -0.497 e. The van der Waals surface area contributed by atoms with E-state index < -0.39 is 0 Å². The van der Waals surface area contributed by atoms with Crippen molar-refractivity contribution < 1.29 is 9.13 Å². The molecule has 0 aliphatic heterocycles. The first kappa shape index (κ1) is 10.8. The van der Waals surface area contributed by atoms with Crippen LogP contribution in [0.4, 0.5) is 4.39 Å². The number of hydrogen-bond acceptors (Lipinski definition) is 1. The maximum Gasteiger partial charge on any atom is 0.119 e. The minimum absolute atomic E-state index is 0.0937. The van der Waals surface area contributed by atoms with Gasteiger partial charge in [0.2, 0.25) is 0 Å². The van der Waals surface area contributed by atoms with E-state index in [-0.39, 0.29) is 12.6 Å².